The Morgan fingerprint density at radius 1 is 1.18 bits per heavy atom. The molecule has 0 aromatic heterocycles. The summed E-state index contributed by atoms with van der Waals surface area (Å²) in [7, 11) is 0. The van der Waals surface area contributed by atoms with Crippen molar-refractivity contribution < 1.29 is 22.0 Å². The Morgan fingerprint density at radius 3 is 1.64 bits per heavy atom. The minimum absolute atomic E-state index is 1.10. The zero-order valence-corrected chi connectivity index (χ0v) is 5.75. The molecule has 0 spiro atoms. The third-order valence-electron chi connectivity index (χ3n) is 0.993. The first-order valence-electron chi connectivity index (χ1n) is 2.87. The minimum Gasteiger partial charge on any atom is -0.328 e. The molecule has 0 fully saturated rings. The van der Waals surface area contributed by atoms with Crippen molar-refractivity contribution in [2.24, 2.45) is 5.73 Å². The first-order valence-corrected chi connectivity index (χ1v) is 2.87. The van der Waals surface area contributed by atoms with Gasteiger partial charge in [0.1, 0.15) is 0 Å². The highest BCUT2D eigenvalue weighted by Crippen LogP contribution is 2.38. The van der Waals surface area contributed by atoms with Crippen molar-refractivity contribution in [2.75, 3.05) is 0 Å². The summed E-state index contributed by atoms with van der Waals surface area (Å²) in [4.78, 5) is 0. The van der Waals surface area contributed by atoms with Gasteiger partial charge in [-0.1, -0.05) is 0 Å². The first kappa shape index (κ1) is 10.6. The molecule has 6 heteroatoms. The van der Waals surface area contributed by atoms with Crippen molar-refractivity contribution in [1.82, 2.24) is 0 Å². The topological polar surface area (TPSA) is 26.0 Å². The summed E-state index contributed by atoms with van der Waals surface area (Å²) in [5.41, 5.74) is 4.80. The zero-order chi connectivity index (χ0) is 9.28. The lowest BCUT2D eigenvalue weighted by Crippen LogP contribution is -2.40. The third kappa shape index (κ3) is 3.00. The van der Waals surface area contributed by atoms with Crippen LogP contribution in [0.3, 0.4) is 0 Å². The molecular weight excluding hydrogens is 169 g/mol. The minimum atomic E-state index is -5.49. The number of nitrogens with two attached hydrogens (primary N) is 1. The summed E-state index contributed by atoms with van der Waals surface area (Å²) in [5.74, 6) is -4.67. The Hall–Kier alpha value is -0.390. The Kier molecular flexibility index (Phi) is 2.82. The normalized spacial score (nSPS) is 16.6. The van der Waals surface area contributed by atoms with Gasteiger partial charge in [0.15, 0.2) is 0 Å². The molecule has 11 heavy (non-hydrogen) atoms. The fraction of sp³-hybridized carbons (Fsp3) is 1.00. The molecule has 0 aliphatic carbocycles. The Bertz CT molecular complexity index is 127. The highest BCUT2D eigenvalue weighted by atomic mass is 19.4. The van der Waals surface area contributed by atoms with Crippen LogP contribution in [0.2, 0.25) is 0 Å². The smallest absolute Gasteiger partial charge is 0.328 e. The van der Waals surface area contributed by atoms with Gasteiger partial charge in [-0.25, -0.2) is 0 Å². The van der Waals surface area contributed by atoms with E-state index < -0.39 is 24.6 Å². The highest BCUT2D eigenvalue weighted by Gasteiger charge is 2.57. The molecule has 1 atom stereocenters. The molecule has 0 aromatic rings. The van der Waals surface area contributed by atoms with Gasteiger partial charge in [0.2, 0.25) is 0 Å². The largest absolute Gasteiger partial charge is 0.453 e. The van der Waals surface area contributed by atoms with Crippen LogP contribution < -0.4 is 5.73 Å². The molecule has 0 aliphatic heterocycles. The van der Waals surface area contributed by atoms with Gasteiger partial charge in [-0.05, 0) is 6.92 Å². The molecule has 0 amide bonds. The number of rotatable bonds is 2. The van der Waals surface area contributed by atoms with Crippen molar-refractivity contribution in [1.29, 1.82) is 0 Å². The molecule has 0 bridgehead atoms. The molecule has 0 saturated carbocycles. The van der Waals surface area contributed by atoms with Crippen molar-refractivity contribution in [2.45, 2.75) is 31.5 Å². The summed E-state index contributed by atoms with van der Waals surface area (Å²) in [5, 5.41) is 0. The molecule has 68 valence electrons. The predicted molar refractivity (Wildman–Crippen MR) is 29.3 cm³/mol. The highest BCUT2D eigenvalue weighted by molar-refractivity contribution is 4.78. The van der Waals surface area contributed by atoms with E-state index in [9.17, 15) is 22.0 Å². The molecule has 0 aromatic carbocycles. The second-order valence-corrected chi connectivity index (χ2v) is 2.38. The van der Waals surface area contributed by atoms with Gasteiger partial charge < -0.3 is 5.73 Å². The SMILES string of the molecule is C[C@H](N)CC(F)(F)C(F)(F)F. The van der Waals surface area contributed by atoms with Gasteiger partial charge in [-0.2, -0.15) is 22.0 Å². The van der Waals surface area contributed by atoms with Crippen LogP contribution in [0, 0.1) is 0 Å². The molecule has 1 nitrogen and oxygen atoms in total. The molecule has 0 saturated heterocycles. The van der Waals surface area contributed by atoms with Gasteiger partial charge >= 0.3 is 12.1 Å². The fourth-order valence-electron chi connectivity index (χ4n) is 0.520. The van der Waals surface area contributed by atoms with Crippen LogP contribution in [-0.2, 0) is 0 Å². The standard InChI is InChI=1S/C5H8F5N/c1-3(11)2-4(6,7)5(8,9)10/h3H,2,11H2,1H3/t3-/m0/s1. The van der Waals surface area contributed by atoms with Crippen molar-refractivity contribution in [3.05, 3.63) is 0 Å². The van der Waals surface area contributed by atoms with Crippen LogP contribution >= 0.6 is 0 Å². The summed E-state index contributed by atoms with van der Waals surface area (Å²) < 4.78 is 58.1. The number of hydrogen-bond donors (Lipinski definition) is 1. The first-order chi connectivity index (χ1) is 4.67. The zero-order valence-electron chi connectivity index (χ0n) is 5.75. The number of halogens is 5. The Balaban J connectivity index is 4.22. The van der Waals surface area contributed by atoms with Crippen molar-refractivity contribution in [3.8, 4) is 0 Å². The molecule has 0 aliphatic rings. The third-order valence-corrected chi connectivity index (χ3v) is 0.993. The van der Waals surface area contributed by atoms with Gasteiger partial charge in [0.05, 0.1) is 0 Å². The van der Waals surface area contributed by atoms with Crippen LogP contribution in [0.4, 0.5) is 22.0 Å². The molecule has 0 rings (SSSR count). The summed E-state index contributed by atoms with van der Waals surface area (Å²) in [6, 6.07) is -1.16. The number of hydrogen-bond acceptors (Lipinski definition) is 1. The average Bonchev–Trinajstić information content (AvgIpc) is 1.56. The van der Waals surface area contributed by atoms with Crippen molar-refractivity contribution in [3.63, 3.8) is 0 Å². The van der Waals surface area contributed by atoms with E-state index in [1.165, 1.54) is 0 Å². The lowest BCUT2D eigenvalue weighted by molar-refractivity contribution is -0.285. The lowest BCUT2D eigenvalue weighted by Gasteiger charge is -2.20. The van der Waals surface area contributed by atoms with Gasteiger partial charge in [-0.15, -0.1) is 0 Å². The maximum atomic E-state index is 12.0. The molecular formula is C5H8F5N. The predicted octanol–water partition coefficient (Wildman–Crippen LogP) is 1.92. The van der Waals surface area contributed by atoms with E-state index in [0.29, 0.717) is 0 Å². The quantitative estimate of drug-likeness (QED) is 0.640. The number of alkyl halides is 5. The van der Waals surface area contributed by atoms with Crippen LogP contribution in [-0.4, -0.2) is 18.1 Å². The van der Waals surface area contributed by atoms with Crippen molar-refractivity contribution >= 4 is 0 Å². The monoisotopic (exact) mass is 177 g/mol. The molecule has 0 heterocycles. The van der Waals surface area contributed by atoms with Crippen LogP contribution in [0.5, 0.6) is 0 Å². The van der Waals surface area contributed by atoms with E-state index in [0.717, 1.165) is 6.92 Å². The molecule has 0 unspecified atom stereocenters. The van der Waals surface area contributed by atoms with E-state index in [1.54, 1.807) is 0 Å². The second kappa shape index (κ2) is 2.92. The maximum Gasteiger partial charge on any atom is 0.453 e. The van der Waals surface area contributed by atoms with E-state index in [-0.39, 0.29) is 0 Å². The summed E-state index contributed by atoms with van der Waals surface area (Å²) in [6.07, 6.45) is -6.85. The van der Waals surface area contributed by atoms with Gasteiger partial charge in [0.25, 0.3) is 0 Å². The van der Waals surface area contributed by atoms with Crippen LogP contribution in [0.25, 0.3) is 0 Å². The van der Waals surface area contributed by atoms with E-state index in [2.05, 4.69) is 0 Å². The fourth-order valence-corrected chi connectivity index (χ4v) is 0.520. The van der Waals surface area contributed by atoms with E-state index >= 15 is 0 Å². The second-order valence-electron chi connectivity index (χ2n) is 2.38. The van der Waals surface area contributed by atoms with Crippen LogP contribution in [0.15, 0.2) is 0 Å². The molecule has 0 radical (unpaired) electrons. The lowest BCUT2D eigenvalue weighted by atomic mass is 10.1. The van der Waals surface area contributed by atoms with E-state index in [4.69, 9.17) is 5.73 Å². The average molecular weight is 177 g/mol. The summed E-state index contributed by atoms with van der Waals surface area (Å²) >= 11 is 0. The van der Waals surface area contributed by atoms with Gasteiger partial charge in [0, 0.05) is 12.5 Å². The summed E-state index contributed by atoms with van der Waals surface area (Å²) in [6.45, 7) is 1.10. The maximum absolute atomic E-state index is 12.0. The Labute approximate surface area is 60.4 Å². The van der Waals surface area contributed by atoms with E-state index in [1.807, 2.05) is 0 Å². The van der Waals surface area contributed by atoms with Gasteiger partial charge in [-0.3, -0.25) is 0 Å². The molecule has 2 N–H and O–H groups in total. The van der Waals surface area contributed by atoms with Crippen LogP contribution in [0.1, 0.15) is 13.3 Å². The Morgan fingerprint density at radius 2 is 1.55 bits per heavy atom.